The quantitative estimate of drug-likeness (QED) is 0.730. The van der Waals surface area contributed by atoms with Crippen LogP contribution in [0.15, 0.2) is 23.0 Å². The Bertz CT molecular complexity index is 871. The number of methoxy groups -OCH3 is 2. The van der Waals surface area contributed by atoms with Crippen molar-refractivity contribution in [3.63, 3.8) is 0 Å². The van der Waals surface area contributed by atoms with Crippen molar-refractivity contribution in [3.8, 4) is 22.1 Å². The van der Waals surface area contributed by atoms with Crippen molar-refractivity contribution in [3.05, 3.63) is 34.2 Å². The average Bonchev–Trinajstić information content (AvgIpc) is 2.95. The van der Waals surface area contributed by atoms with E-state index in [0.29, 0.717) is 27.2 Å². The molecule has 3 rings (SSSR count). The second-order valence-electron chi connectivity index (χ2n) is 4.26. The van der Waals surface area contributed by atoms with E-state index in [4.69, 9.17) is 9.47 Å². The number of ether oxygens (including phenoxy) is 2. The molecule has 2 heterocycles. The SMILES string of the molecule is COc1ccc(-c2nn3c(=O)c(C)nnc3s2)c(OC)c1. The van der Waals surface area contributed by atoms with Crippen LogP contribution in [0.4, 0.5) is 0 Å². The van der Waals surface area contributed by atoms with Gasteiger partial charge in [-0.25, -0.2) is 0 Å². The van der Waals surface area contributed by atoms with Gasteiger partial charge in [0.25, 0.3) is 5.56 Å². The van der Waals surface area contributed by atoms with E-state index < -0.39 is 0 Å². The van der Waals surface area contributed by atoms with Gasteiger partial charge in [-0.2, -0.15) is 9.61 Å². The van der Waals surface area contributed by atoms with Crippen LogP contribution < -0.4 is 15.0 Å². The Morgan fingerprint density at radius 1 is 1.19 bits per heavy atom. The zero-order valence-corrected chi connectivity index (χ0v) is 12.5. The van der Waals surface area contributed by atoms with Crippen LogP contribution in [0.25, 0.3) is 15.5 Å². The molecular formula is C13H12N4O3S. The summed E-state index contributed by atoms with van der Waals surface area (Å²) >= 11 is 1.27. The number of hydrogen-bond acceptors (Lipinski definition) is 7. The number of hydrogen-bond donors (Lipinski definition) is 0. The second-order valence-corrected chi connectivity index (χ2v) is 5.21. The van der Waals surface area contributed by atoms with Gasteiger partial charge in [-0.1, -0.05) is 11.3 Å². The maximum Gasteiger partial charge on any atom is 0.296 e. The van der Waals surface area contributed by atoms with Gasteiger partial charge in [-0.3, -0.25) is 4.79 Å². The molecule has 0 fully saturated rings. The monoisotopic (exact) mass is 304 g/mol. The van der Waals surface area contributed by atoms with Crippen LogP contribution in [0.2, 0.25) is 0 Å². The minimum atomic E-state index is -0.269. The summed E-state index contributed by atoms with van der Waals surface area (Å²) in [5, 5.41) is 12.7. The Kier molecular flexibility index (Phi) is 3.30. The first kappa shape index (κ1) is 13.5. The highest BCUT2D eigenvalue weighted by atomic mass is 32.1. The molecule has 0 radical (unpaired) electrons. The first-order chi connectivity index (χ1) is 10.1. The van der Waals surface area contributed by atoms with Crippen molar-refractivity contribution in [2.24, 2.45) is 0 Å². The molecule has 7 nitrogen and oxygen atoms in total. The molecule has 0 spiro atoms. The fraction of sp³-hybridized carbons (Fsp3) is 0.231. The number of nitrogens with zero attached hydrogens (tertiary/aromatic N) is 4. The number of aryl methyl sites for hydroxylation is 1. The summed E-state index contributed by atoms with van der Waals surface area (Å²) in [6.07, 6.45) is 0. The fourth-order valence-electron chi connectivity index (χ4n) is 1.88. The van der Waals surface area contributed by atoms with E-state index in [0.717, 1.165) is 5.56 Å². The number of rotatable bonds is 3. The van der Waals surface area contributed by atoms with E-state index in [1.54, 1.807) is 27.2 Å². The molecule has 0 amide bonds. The van der Waals surface area contributed by atoms with E-state index >= 15 is 0 Å². The van der Waals surface area contributed by atoms with Crippen molar-refractivity contribution in [2.75, 3.05) is 14.2 Å². The van der Waals surface area contributed by atoms with Crippen molar-refractivity contribution < 1.29 is 9.47 Å². The fourth-order valence-corrected chi connectivity index (χ4v) is 2.74. The molecule has 0 unspecified atom stereocenters. The molecule has 2 aromatic heterocycles. The molecule has 0 aliphatic carbocycles. The van der Waals surface area contributed by atoms with E-state index in [1.807, 2.05) is 12.1 Å². The number of benzene rings is 1. The molecule has 0 atom stereocenters. The van der Waals surface area contributed by atoms with Gasteiger partial charge < -0.3 is 9.47 Å². The van der Waals surface area contributed by atoms with Crippen LogP contribution in [0.1, 0.15) is 5.69 Å². The molecule has 0 aliphatic rings. The lowest BCUT2D eigenvalue weighted by molar-refractivity contribution is 0.395. The van der Waals surface area contributed by atoms with Gasteiger partial charge in [-0.15, -0.1) is 10.2 Å². The molecule has 108 valence electrons. The van der Waals surface area contributed by atoms with Gasteiger partial charge in [0, 0.05) is 6.07 Å². The van der Waals surface area contributed by atoms with E-state index in [2.05, 4.69) is 15.3 Å². The van der Waals surface area contributed by atoms with Crippen molar-refractivity contribution in [1.82, 2.24) is 19.8 Å². The van der Waals surface area contributed by atoms with Crippen LogP contribution in [0.3, 0.4) is 0 Å². The Morgan fingerprint density at radius 3 is 2.71 bits per heavy atom. The highest BCUT2D eigenvalue weighted by molar-refractivity contribution is 7.19. The lowest BCUT2D eigenvalue weighted by atomic mass is 10.2. The second kappa shape index (κ2) is 5.13. The van der Waals surface area contributed by atoms with Crippen LogP contribution in [0.5, 0.6) is 11.5 Å². The predicted octanol–water partition coefficient (Wildman–Crippen LogP) is 1.54. The summed E-state index contributed by atoms with van der Waals surface area (Å²) < 4.78 is 11.8. The maximum absolute atomic E-state index is 12.0. The van der Waals surface area contributed by atoms with E-state index in [1.165, 1.54) is 15.9 Å². The zero-order valence-electron chi connectivity index (χ0n) is 11.7. The van der Waals surface area contributed by atoms with E-state index in [-0.39, 0.29) is 5.56 Å². The summed E-state index contributed by atoms with van der Waals surface area (Å²) in [4.78, 5) is 12.4. The summed E-state index contributed by atoms with van der Waals surface area (Å²) in [6, 6.07) is 5.41. The number of fused-ring (bicyclic) bond motifs is 1. The van der Waals surface area contributed by atoms with Crippen LogP contribution in [0, 0.1) is 6.92 Å². The molecule has 0 saturated heterocycles. The molecule has 8 heteroatoms. The average molecular weight is 304 g/mol. The van der Waals surface area contributed by atoms with Gasteiger partial charge in [0.1, 0.15) is 17.2 Å². The smallest absolute Gasteiger partial charge is 0.296 e. The Hall–Kier alpha value is -2.48. The molecule has 21 heavy (non-hydrogen) atoms. The number of aromatic nitrogens is 4. The summed E-state index contributed by atoms with van der Waals surface area (Å²) in [7, 11) is 3.16. The normalized spacial score (nSPS) is 10.8. The minimum absolute atomic E-state index is 0.269. The lowest BCUT2D eigenvalue weighted by Gasteiger charge is -2.07. The Balaban J connectivity index is 2.21. The van der Waals surface area contributed by atoms with Gasteiger partial charge in [0.15, 0.2) is 5.01 Å². The summed E-state index contributed by atoms with van der Waals surface area (Å²) in [5.41, 5.74) is 0.812. The maximum atomic E-state index is 12.0. The highest BCUT2D eigenvalue weighted by Crippen LogP contribution is 2.34. The Morgan fingerprint density at radius 2 is 2.00 bits per heavy atom. The van der Waals surface area contributed by atoms with Crippen molar-refractivity contribution >= 4 is 16.3 Å². The summed E-state index contributed by atoms with van der Waals surface area (Å²) in [6.45, 7) is 1.61. The van der Waals surface area contributed by atoms with E-state index in [9.17, 15) is 4.79 Å². The molecular weight excluding hydrogens is 292 g/mol. The third-order valence-corrected chi connectivity index (χ3v) is 3.92. The predicted molar refractivity (Wildman–Crippen MR) is 78.2 cm³/mol. The van der Waals surface area contributed by atoms with Gasteiger partial charge >= 0.3 is 0 Å². The van der Waals surface area contributed by atoms with Gasteiger partial charge in [-0.05, 0) is 19.1 Å². The van der Waals surface area contributed by atoms with Crippen LogP contribution in [-0.4, -0.2) is 34.0 Å². The standard InChI is InChI=1S/C13H12N4O3S/c1-7-12(18)17-13(15-14-7)21-11(16-17)9-5-4-8(19-2)6-10(9)20-3/h4-6H,1-3H3. The van der Waals surface area contributed by atoms with Crippen molar-refractivity contribution in [1.29, 1.82) is 0 Å². The van der Waals surface area contributed by atoms with Crippen molar-refractivity contribution in [2.45, 2.75) is 6.92 Å². The first-order valence-corrected chi connectivity index (χ1v) is 6.91. The third kappa shape index (κ3) is 2.23. The largest absolute Gasteiger partial charge is 0.497 e. The molecule has 3 aromatic rings. The molecule has 0 aliphatic heterocycles. The summed E-state index contributed by atoms with van der Waals surface area (Å²) in [5.74, 6) is 1.30. The van der Waals surface area contributed by atoms with Gasteiger partial charge in [0.2, 0.25) is 4.96 Å². The lowest BCUT2D eigenvalue weighted by Crippen LogP contribution is -2.19. The highest BCUT2D eigenvalue weighted by Gasteiger charge is 2.15. The van der Waals surface area contributed by atoms with Crippen LogP contribution in [-0.2, 0) is 0 Å². The molecule has 0 saturated carbocycles. The first-order valence-electron chi connectivity index (χ1n) is 6.09. The third-order valence-electron chi connectivity index (χ3n) is 2.99. The molecule has 1 aromatic carbocycles. The molecule has 0 bridgehead atoms. The topological polar surface area (TPSA) is 78.6 Å². The van der Waals surface area contributed by atoms with Gasteiger partial charge in [0.05, 0.1) is 19.8 Å². The zero-order chi connectivity index (χ0) is 15.0. The van der Waals surface area contributed by atoms with Crippen LogP contribution >= 0.6 is 11.3 Å². The molecule has 0 N–H and O–H groups in total. The minimum Gasteiger partial charge on any atom is -0.497 e. The Labute approximate surface area is 123 Å².